The summed E-state index contributed by atoms with van der Waals surface area (Å²) >= 11 is 0. The largest absolute Gasteiger partial charge is 0.425 e. The SMILES string of the molecule is CCCCCCCCCCCCc1ccc(-c2ccc(OC(=O)C(C)(C#N)CCCC)cc2)nc1. The summed E-state index contributed by atoms with van der Waals surface area (Å²) in [5, 5.41) is 9.45. The highest BCUT2D eigenvalue weighted by Gasteiger charge is 2.34. The number of rotatable bonds is 17. The molecule has 0 saturated heterocycles. The van der Waals surface area contributed by atoms with Crippen molar-refractivity contribution in [3.05, 3.63) is 48.2 Å². The second kappa shape index (κ2) is 16.1. The molecule has 0 bridgehead atoms. The Morgan fingerprint density at radius 3 is 2.00 bits per heavy atom. The van der Waals surface area contributed by atoms with Gasteiger partial charge in [0.05, 0.1) is 11.8 Å². The van der Waals surface area contributed by atoms with Gasteiger partial charge in [-0.25, -0.2) is 4.79 Å². The van der Waals surface area contributed by atoms with E-state index in [-0.39, 0.29) is 0 Å². The molecule has 0 fully saturated rings. The first kappa shape index (κ1) is 28.6. The Balaban J connectivity index is 1.75. The number of hydrogen-bond acceptors (Lipinski definition) is 4. The van der Waals surface area contributed by atoms with Gasteiger partial charge in [0, 0.05) is 11.8 Å². The number of pyridine rings is 1. The second-order valence-electron chi connectivity index (χ2n) is 9.95. The van der Waals surface area contributed by atoms with Crippen molar-refractivity contribution >= 4 is 5.97 Å². The second-order valence-corrected chi connectivity index (χ2v) is 9.95. The van der Waals surface area contributed by atoms with Crippen LogP contribution >= 0.6 is 0 Å². The lowest BCUT2D eigenvalue weighted by atomic mass is 9.87. The summed E-state index contributed by atoms with van der Waals surface area (Å²) in [5.74, 6) is -0.0371. The molecule has 0 spiro atoms. The van der Waals surface area contributed by atoms with Crippen molar-refractivity contribution in [3.8, 4) is 23.1 Å². The van der Waals surface area contributed by atoms with Crippen molar-refractivity contribution in [3.63, 3.8) is 0 Å². The molecule has 0 aliphatic rings. The quantitative estimate of drug-likeness (QED) is 0.130. The molecule has 0 N–H and O–H groups in total. The molecule has 0 amide bonds. The van der Waals surface area contributed by atoms with Crippen LogP contribution in [0.1, 0.15) is 110 Å². The minimum atomic E-state index is -1.11. The maximum atomic E-state index is 12.5. The summed E-state index contributed by atoms with van der Waals surface area (Å²) in [6.07, 6.45) is 18.8. The van der Waals surface area contributed by atoms with E-state index in [0.717, 1.165) is 30.5 Å². The molecule has 190 valence electrons. The molecular weight excluding hydrogens is 432 g/mol. The predicted molar refractivity (Wildman–Crippen MR) is 144 cm³/mol. The molecule has 35 heavy (non-hydrogen) atoms. The van der Waals surface area contributed by atoms with Crippen LogP contribution in [0.15, 0.2) is 42.6 Å². The van der Waals surface area contributed by atoms with E-state index in [9.17, 15) is 10.1 Å². The minimum Gasteiger partial charge on any atom is -0.425 e. The monoisotopic (exact) mass is 476 g/mol. The smallest absolute Gasteiger partial charge is 0.331 e. The van der Waals surface area contributed by atoms with Crippen LogP contribution in [0, 0.1) is 16.7 Å². The molecule has 1 unspecified atom stereocenters. The van der Waals surface area contributed by atoms with Crippen LogP contribution in [0.2, 0.25) is 0 Å². The highest BCUT2D eigenvalue weighted by molar-refractivity contribution is 5.81. The third-order valence-corrected chi connectivity index (χ3v) is 6.73. The summed E-state index contributed by atoms with van der Waals surface area (Å²) in [4.78, 5) is 17.2. The fourth-order valence-electron chi connectivity index (χ4n) is 4.21. The van der Waals surface area contributed by atoms with Crippen LogP contribution in [-0.2, 0) is 11.2 Å². The highest BCUT2D eigenvalue weighted by atomic mass is 16.5. The number of aryl methyl sites for hydroxylation is 1. The molecule has 1 aromatic heterocycles. The molecule has 4 heteroatoms. The van der Waals surface area contributed by atoms with Gasteiger partial charge in [0.1, 0.15) is 5.75 Å². The van der Waals surface area contributed by atoms with E-state index in [1.54, 1.807) is 19.1 Å². The maximum Gasteiger partial charge on any atom is 0.331 e. The Morgan fingerprint density at radius 1 is 0.857 bits per heavy atom. The van der Waals surface area contributed by atoms with Gasteiger partial charge in [0.25, 0.3) is 0 Å². The van der Waals surface area contributed by atoms with Crippen LogP contribution in [0.3, 0.4) is 0 Å². The number of ether oxygens (including phenoxy) is 1. The standard InChI is InChI=1S/C31H44N2O2/c1-4-6-8-9-10-11-12-13-14-15-16-26-17-22-29(33-24-26)27-18-20-28(21-19-27)35-30(34)31(3,25-32)23-7-5-2/h17-22,24H,4-16,23H2,1-3H3. The Bertz CT molecular complexity index is 899. The molecule has 0 aliphatic heterocycles. The van der Waals surface area contributed by atoms with Crippen LogP contribution < -0.4 is 4.74 Å². The Hall–Kier alpha value is -2.67. The number of nitriles is 1. The molecular formula is C31H44N2O2. The van der Waals surface area contributed by atoms with E-state index < -0.39 is 11.4 Å². The summed E-state index contributed by atoms with van der Waals surface area (Å²) in [5.41, 5.74) is 2.05. The average molecular weight is 477 g/mol. The van der Waals surface area contributed by atoms with Crippen molar-refractivity contribution in [2.24, 2.45) is 5.41 Å². The van der Waals surface area contributed by atoms with Crippen molar-refractivity contribution in [1.29, 1.82) is 5.26 Å². The summed E-state index contributed by atoms with van der Waals surface area (Å²) in [6.45, 7) is 5.96. The third kappa shape index (κ3) is 10.2. The Morgan fingerprint density at radius 2 is 1.46 bits per heavy atom. The first-order chi connectivity index (χ1) is 17.0. The molecule has 0 aliphatic carbocycles. The third-order valence-electron chi connectivity index (χ3n) is 6.73. The normalized spacial score (nSPS) is 12.6. The number of carbonyl (C=O) groups is 1. The summed E-state index contributed by atoms with van der Waals surface area (Å²) in [6, 6.07) is 13.7. The van der Waals surface area contributed by atoms with Gasteiger partial charge in [-0.15, -0.1) is 0 Å². The van der Waals surface area contributed by atoms with Crippen LogP contribution in [0.4, 0.5) is 0 Å². The molecule has 1 heterocycles. The highest BCUT2D eigenvalue weighted by Crippen LogP contribution is 2.27. The first-order valence-corrected chi connectivity index (χ1v) is 13.7. The maximum absolute atomic E-state index is 12.5. The van der Waals surface area contributed by atoms with E-state index in [2.05, 4.69) is 30.1 Å². The van der Waals surface area contributed by atoms with Crippen molar-refractivity contribution in [2.75, 3.05) is 0 Å². The molecule has 2 aromatic rings. The van der Waals surface area contributed by atoms with E-state index in [1.807, 2.05) is 25.3 Å². The molecule has 0 saturated carbocycles. The Labute approximate surface area is 213 Å². The fourth-order valence-corrected chi connectivity index (χ4v) is 4.21. The van der Waals surface area contributed by atoms with E-state index in [0.29, 0.717) is 12.2 Å². The number of hydrogen-bond donors (Lipinski definition) is 0. The fraction of sp³-hybridized carbons (Fsp3) is 0.581. The average Bonchev–Trinajstić information content (AvgIpc) is 2.89. The van der Waals surface area contributed by atoms with Gasteiger partial charge in [-0.1, -0.05) is 90.5 Å². The minimum absolute atomic E-state index is 0.453. The zero-order valence-corrected chi connectivity index (χ0v) is 22.2. The van der Waals surface area contributed by atoms with Crippen LogP contribution in [-0.4, -0.2) is 11.0 Å². The lowest BCUT2D eigenvalue weighted by molar-refractivity contribution is -0.142. The van der Waals surface area contributed by atoms with Crippen LogP contribution in [0.25, 0.3) is 11.3 Å². The van der Waals surface area contributed by atoms with Gasteiger partial charge in [0.2, 0.25) is 0 Å². The van der Waals surface area contributed by atoms with Gasteiger partial charge in [-0.05, 0) is 62.1 Å². The zero-order valence-electron chi connectivity index (χ0n) is 22.2. The van der Waals surface area contributed by atoms with Crippen molar-refractivity contribution in [2.45, 2.75) is 111 Å². The molecule has 4 nitrogen and oxygen atoms in total. The molecule has 1 atom stereocenters. The van der Waals surface area contributed by atoms with Gasteiger partial charge in [0.15, 0.2) is 5.41 Å². The topological polar surface area (TPSA) is 63.0 Å². The number of unbranched alkanes of at least 4 members (excludes halogenated alkanes) is 10. The molecule has 1 aromatic carbocycles. The number of nitrogens with zero attached hydrogens (tertiary/aromatic N) is 2. The Kier molecular flexibility index (Phi) is 13.1. The van der Waals surface area contributed by atoms with Gasteiger partial charge in [-0.2, -0.15) is 5.26 Å². The van der Waals surface area contributed by atoms with Crippen molar-refractivity contribution < 1.29 is 9.53 Å². The predicted octanol–water partition coefficient (Wildman–Crippen LogP) is 8.84. The number of benzene rings is 1. The molecule has 2 rings (SSSR count). The number of aromatic nitrogens is 1. The van der Waals surface area contributed by atoms with E-state index in [4.69, 9.17) is 4.74 Å². The van der Waals surface area contributed by atoms with E-state index >= 15 is 0 Å². The number of esters is 1. The first-order valence-electron chi connectivity index (χ1n) is 13.7. The number of carbonyl (C=O) groups excluding carboxylic acids is 1. The van der Waals surface area contributed by atoms with Crippen LogP contribution in [0.5, 0.6) is 5.75 Å². The zero-order chi connectivity index (χ0) is 25.4. The molecule has 0 radical (unpaired) electrons. The van der Waals surface area contributed by atoms with Gasteiger partial charge < -0.3 is 4.74 Å². The lowest BCUT2D eigenvalue weighted by Crippen LogP contribution is -2.30. The summed E-state index contributed by atoms with van der Waals surface area (Å²) in [7, 11) is 0. The van der Waals surface area contributed by atoms with E-state index in [1.165, 1.54) is 69.8 Å². The van der Waals surface area contributed by atoms with Gasteiger partial charge in [-0.3, -0.25) is 4.98 Å². The van der Waals surface area contributed by atoms with Crippen molar-refractivity contribution in [1.82, 2.24) is 4.98 Å². The van der Waals surface area contributed by atoms with Gasteiger partial charge >= 0.3 is 5.97 Å². The summed E-state index contributed by atoms with van der Waals surface area (Å²) < 4.78 is 5.50. The lowest BCUT2D eigenvalue weighted by Gasteiger charge is -2.19.